The zero-order valence-electron chi connectivity index (χ0n) is 18.4. The molecule has 4 N–H and O–H groups in total. The van der Waals surface area contributed by atoms with Gasteiger partial charge in [-0.05, 0) is 50.2 Å². The highest BCUT2D eigenvalue weighted by Crippen LogP contribution is 2.21. The molecule has 170 valence electrons. The number of nitrogens with one attached hydrogen (secondary N) is 4. The summed E-state index contributed by atoms with van der Waals surface area (Å²) in [6.45, 7) is 3.51. The van der Waals surface area contributed by atoms with Gasteiger partial charge in [-0.2, -0.15) is 0 Å². The van der Waals surface area contributed by atoms with E-state index in [0.717, 1.165) is 0 Å². The Kier molecular flexibility index (Phi) is 8.02. The van der Waals surface area contributed by atoms with Crippen LogP contribution in [0.15, 0.2) is 78.9 Å². The van der Waals surface area contributed by atoms with Crippen molar-refractivity contribution in [2.75, 3.05) is 22.6 Å². The first-order valence-corrected chi connectivity index (χ1v) is 10.5. The van der Waals surface area contributed by atoms with Gasteiger partial charge in [0.05, 0.1) is 11.3 Å². The highest BCUT2D eigenvalue weighted by molar-refractivity contribution is 6.10. The SMILES string of the molecule is CC(C)NC(=O)Nc1ccccc1C(=O)Nc1cccc(OCC(=O)Nc2ccccc2)c1. The van der Waals surface area contributed by atoms with Crippen LogP contribution in [0.25, 0.3) is 0 Å². The average molecular weight is 447 g/mol. The molecule has 0 atom stereocenters. The first-order valence-electron chi connectivity index (χ1n) is 10.5. The predicted octanol–water partition coefficient (Wildman–Crippen LogP) is 4.49. The molecule has 0 aliphatic carbocycles. The van der Waals surface area contributed by atoms with E-state index in [1.165, 1.54) is 0 Å². The highest BCUT2D eigenvalue weighted by Gasteiger charge is 2.14. The van der Waals surface area contributed by atoms with E-state index in [-0.39, 0.29) is 18.6 Å². The summed E-state index contributed by atoms with van der Waals surface area (Å²) in [5.74, 6) is -0.261. The van der Waals surface area contributed by atoms with Gasteiger partial charge in [0, 0.05) is 23.5 Å². The van der Waals surface area contributed by atoms with Crippen LogP contribution in [-0.2, 0) is 4.79 Å². The van der Waals surface area contributed by atoms with Gasteiger partial charge in [-0.1, -0.05) is 36.4 Å². The number of hydrogen-bond donors (Lipinski definition) is 4. The highest BCUT2D eigenvalue weighted by atomic mass is 16.5. The van der Waals surface area contributed by atoms with Gasteiger partial charge in [-0.25, -0.2) is 4.79 Å². The van der Waals surface area contributed by atoms with Gasteiger partial charge in [0.1, 0.15) is 5.75 Å². The van der Waals surface area contributed by atoms with Crippen molar-refractivity contribution in [3.8, 4) is 5.75 Å². The Labute approximate surface area is 192 Å². The molecule has 0 fully saturated rings. The van der Waals surface area contributed by atoms with Gasteiger partial charge in [0.25, 0.3) is 11.8 Å². The van der Waals surface area contributed by atoms with Gasteiger partial charge < -0.3 is 26.0 Å². The van der Waals surface area contributed by atoms with Crippen LogP contribution in [0, 0.1) is 0 Å². The van der Waals surface area contributed by atoms with Crippen LogP contribution in [0.4, 0.5) is 21.9 Å². The molecule has 0 radical (unpaired) electrons. The molecule has 8 heteroatoms. The van der Waals surface area contributed by atoms with Gasteiger partial charge in [-0.3, -0.25) is 9.59 Å². The summed E-state index contributed by atoms with van der Waals surface area (Å²) in [5.41, 5.74) is 1.87. The maximum absolute atomic E-state index is 12.8. The van der Waals surface area contributed by atoms with Gasteiger partial charge in [-0.15, -0.1) is 0 Å². The van der Waals surface area contributed by atoms with E-state index in [4.69, 9.17) is 4.74 Å². The lowest BCUT2D eigenvalue weighted by Gasteiger charge is -2.14. The second-order valence-electron chi connectivity index (χ2n) is 7.48. The molecule has 0 aliphatic rings. The fourth-order valence-corrected chi connectivity index (χ4v) is 2.94. The third kappa shape index (κ3) is 7.39. The number of anilines is 3. The van der Waals surface area contributed by atoms with Crippen LogP contribution >= 0.6 is 0 Å². The summed E-state index contributed by atoms with van der Waals surface area (Å²) in [4.78, 5) is 37.0. The first kappa shape index (κ1) is 23.3. The number of para-hydroxylation sites is 2. The van der Waals surface area contributed by atoms with Crippen molar-refractivity contribution in [1.29, 1.82) is 0 Å². The van der Waals surface area contributed by atoms with E-state index < -0.39 is 11.9 Å². The third-order valence-electron chi connectivity index (χ3n) is 4.36. The Balaban J connectivity index is 1.60. The molecule has 0 aliphatic heterocycles. The maximum Gasteiger partial charge on any atom is 0.319 e. The molecule has 0 saturated heterocycles. The molecule has 0 unspecified atom stereocenters. The average Bonchev–Trinajstić information content (AvgIpc) is 2.78. The van der Waals surface area contributed by atoms with Gasteiger partial charge >= 0.3 is 6.03 Å². The molecule has 3 aromatic carbocycles. The summed E-state index contributed by atoms with van der Waals surface area (Å²) in [6, 6.07) is 22.1. The summed E-state index contributed by atoms with van der Waals surface area (Å²) in [6.07, 6.45) is 0. The van der Waals surface area contributed by atoms with Crippen LogP contribution in [0.2, 0.25) is 0 Å². The monoisotopic (exact) mass is 446 g/mol. The van der Waals surface area contributed by atoms with E-state index in [0.29, 0.717) is 28.4 Å². The fourth-order valence-electron chi connectivity index (χ4n) is 2.94. The number of urea groups is 1. The number of hydrogen-bond acceptors (Lipinski definition) is 4. The summed E-state index contributed by atoms with van der Waals surface area (Å²) < 4.78 is 5.55. The summed E-state index contributed by atoms with van der Waals surface area (Å²) in [5, 5.41) is 10.9. The number of rotatable bonds is 8. The van der Waals surface area contributed by atoms with E-state index in [1.807, 2.05) is 32.0 Å². The lowest BCUT2D eigenvalue weighted by Crippen LogP contribution is -2.34. The van der Waals surface area contributed by atoms with E-state index in [2.05, 4.69) is 21.3 Å². The third-order valence-corrected chi connectivity index (χ3v) is 4.36. The Bertz CT molecular complexity index is 1120. The second-order valence-corrected chi connectivity index (χ2v) is 7.48. The fraction of sp³-hybridized carbons (Fsp3) is 0.160. The Morgan fingerprint density at radius 1 is 0.788 bits per heavy atom. The standard InChI is InChI=1S/C25H26N4O4/c1-17(2)26-25(32)29-22-14-7-6-13-21(22)24(31)28-19-11-8-12-20(15-19)33-16-23(30)27-18-9-4-3-5-10-18/h3-15,17H,16H2,1-2H3,(H,27,30)(H,28,31)(H2,26,29,32). The van der Waals surface area contributed by atoms with Gasteiger partial charge in [0.15, 0.2) is 6.61 Å². The summed E-state index contributed by atoms with van der Waals surface area (Å²) in [7, 11) is 0. The van der Waals surface area contributed by atoms with Crippen LogP contribution in [0.1, 0.15) is 24.2 Å². The van der Waals surface area contributed by atoms with Gasteiger partial charge in [0.2, 0.25) is 0 Å². The molecular weight excluding hydrogens is 420 g/mol. The minimum atomic E-state index is -0.394. The second kappa shape index (κ2) is 11.3. The zero-order valence-corrected chi connectivity index (χ0v) is 18.4. The predicted molar refractivity (Wildman–Crippen MR) is 129 cm³/mol. The summed E-state index contributed by atoms with van der Waals surface area (Å²) >= 11 is 0. The maximum atomic E-state index is 12.8. The van der Waals surface area contributed by atoms with Crippen molar-refractivity contribution in [3.63, 3.8) is 0 Å². The smallest absolute Gasteiger partial charge is 0.319 e. The molecule has 4 amide bonds. The quantitative estimate of drug-likeness (QED) is 0.409. The number of amides is 4. The molecule has 0 heterocycles. The van der Waals surface area contributed by atoms with Crippen molar-refractivity contribution in [2.45, 2.75) is 19.9 Å². The minimum Gasteiger partial charge on any atom is -0.484 e. The molecule has 0 bridgehead atoms. The van der Waals surface area contributed by atoms with E-state index in [1.54, 1.807) is 60.7 Å². The number of ether oxygens (including phenoxy) is 1. The van der Waals surface area contributed by atoms with Crippen LogP contribution in [0.5, 0.6) is 5.75 Å². The van der Waals surface area contributed by atoms with E-state index in [9.17, 15) is 14.4 Å². The molecule has 0 aromatic heterocycles. The molecule has 0 saturated carbocycles. The minimum absolute atomic E-state index is 0.0384. The number of carbonyl (C=O) groups is 3. The van der Waals surface area contributed by atoms with Crippen LogP contribution < -0.4 is 26.0 Å². The topological polar surface area (TPSA) is 109 Å². The van der Waals surface area contributed by atoms with Crippen molar-refractivity contribution < 1.29 is 19.1 Å². The molecule has 3 aromatic rings. The Morgan fingerprint density at radius 2 is 1.48 bits per heavy atom. The number of benzene rings is 3. The molecule has 3 rings (SSSR count). The van der Waals surface area contributed by atoms with E-state index >= 15 is 0 Å². The number of carbonyl (C=O) groups excluding carboxylic acids is 3. The molecule has 33 heavy (non-hydrogen) atoms. The zero-order chi connectivity index (χ0) is 23.6. The molecule has 8 nitrogen and oxygen atoms in total. The lowest BCUT2D eigenvalue weighted by atomic mass is 10.1. The molecular formula is C25H26N4O4. The van der Waals surface area contributed by atoms with Crippen LogP contribution in [-0.4, -0.2) is 30.5 Å². The van der Waals surface area contributed by atoms with Crippen molar-refractivity contribution in [3.05, 3.63) is 84.4 Å². The van der Waals surface area contributed by atoms with Crippen molar-refractivity contribution in [2.24, 2.45) is 0 Å². The largest absolute Gasteiger partial charge is 0.484 e. The van der Waals surface area contributed by atoms with Crippen molar-refractivity contribution >= 4 is 34.9 Å². The normalized spacial score (nSPS) is 10.3. The van der Waals surface area contributed by atoms with Crippen molar-refractivity contribution in [1.82, 2.24) is 5.32 Å². The molecule has 0 spiro atoms. The van der Waals surface area contributed by atoms with Crippen LogP contribution in [0.3, 0.4) is 0 Å². The lowest BCUT2D eigenvalue weighted by molar-refractivity contribution is -0.118. The Morgan fingerprint density at radius 3 is 2.24 bits per heavy atom. The Hall–Kier alpha value is -4.33. The first-order chi connectivity index (χ1) is 15.9.